The normalized spacial score (nSPS) is 9.84. The highest BCUT2D eigenvalue weighted by Crippen LogP contribution is 2.14. The van der Waals surface area contributed by atoms with Gasteiger partial charge in [-0.05, 0) is 18.2 Å². The first-order chi connectivity index (χ1) is 8.95. The van der Waals surface area contributed by atoms with E-state index in [1.165, 1.54) is 13.0 Å². The van der Waals surface area contributed by atoms with Crippen LogP contribution in [0.25, 0.3) is 0 Å². The third-order valence-corrected chi connectivity index (χ3v) is 2.49. The Bertz CT molecular complexity index is 505. The molecule has 0 saturated carbocycles. The van der Waals surface area contributed by atoms with Gasteiger partial charge < -0.3 is 11.1 Å². The number of hydrogen-bond acceptors (Lipinski definition) is 4. The molecule has 7 heteroatoms. The summed E-state index contributed by atoms with van der Waals surface area (Å²) in [5.74, 6) is -2.39. The average Bonchev–Trinajstić information content (AvgIpc) is 2.34. The second kappa shape index (κ2) is 6.86. The van der Waals surface area contributed by atoms with Gasteiger partial charge in [0.15, 0.2) is 0 Å². The summed E-state index contributed by atoms with van der Waals surface area (Å²) < 4.78 is 0. The fraction of sp³-hybridized carbons (Fsp3) is 0.250. The van der Waals surface area contributed by atoms with Crippen molar-refractivity contribution >= 4 is 35.0 Å². The highest BCUT2D eigenvalue weighted by Gasteiger charge is 2.24. The standard InChI is InChI=1S/C12H14ClN3O3/c1-8(17)16(6-5-14)12(19)11(18)15-10-4-2-3-9(13)7-10/h2-4,7H,5-6,14H2,1H3,(H,15,18). The Hall–Kier alpha value is -1.92. The number of amides is 3. The number of carbonyl (C=O) groups excluding carboxylic acids is 3. The minimum atomic E-state index is -0.946. The Balaban J connectivity index is 2.76. The molecule has 19 heavy (non-hydrogen) atoms. The highest BCUT2D eigenvalue weighted by atomic mass is 35.5. The molecular weight excluding hydrogens is 270 g/mol. The summed E-state index contributed by atoms with van der Waals surface area (Å²) in [5.41, 5.74) is 5.66. The van der Waals surface area contributed by atoms with Crippen molar-refractivity contribution in [2.45, 2.75) is 6.92 Å². The predicted molar refractivity (Wildman–Crippen MR) is 71.5 cm³/mol. The number of anilines is 1. The third-order valence-electron chi connectivity index (χ3n) is 2.25. The summed E-state index contributed by atoms with van der Waals surface area (Å²) in [5, 5.41) is 2.80. The maximum absolute atomic E-state index is 11.8. The van der Waals surface area contributed by atoms with Gasteiger partial charge in [0.2, 0.25) is 5.91 Å². The van der Waals surface area contributed by atoms with Crippen molar-refractivity contribution in [2.75, 3.05) is 18.4 Å². The molecule has 0 heterocycles. The van der Waals surface area contributed by atoms with Crippen molar-refractivity contribution in [3.8, 4) is 0 Å². The van der Waals surface area contributed by atoms with Crippen LogP contribution in [0.1, 0.15) is 6.92 Å². The molecule has 0 unspecified atom stereocenters. The van der Waals surface area contributed by atoms with Gasteiger partial charge in [-0.15, -0.1) is 0 Å². The van der Waals surface area contributed by atoms with E-state index in [4.69, 9.17) is 17.3 Å². The fourth-order valence-electron chi connectivity index (χ4n) is 1.40. The lowest BCUT2D eigenvalue weighted by Gasteiger charge is -2.17. The Kier molecular flexibility index (Phi) is 5.47. The largest absolute Gasteiger partial charge is 0.329 e. The van der Waals surface area contributed by atoms with E-state index in [1.807, 2.05) is 0 Å². The van der Waals surface area contributed by atoms with E-state index >= 15 is 0 Å². The lowest BCUT2D eigenvalue weighted by molar-refractivity contribution is -0.149. The number of nitrogens with zero attached hydrogens (tertiary/aromatic N) is 1. The van der Waals surface area contributed by atoms with Gasteiger partial charge in [0.1, 0.15) is 0 Å². The van der Waals surface area contributed by atoms with Crippen molar-refractivity contribution in [3.05, 3.63) is 29.3 Å². The minimum absolute atomic E-state index is 0.00284. The van der Waals surface area contributed by atoms with Crippen molar-refractivity contribution in [1.82, 2.24) is 4.90 Å². The summed E-state index contributed by atoms with van der Waals surface area (Å²) in [6.07, 6.45) is 0. The number of halogens is 1. The average molecular weight is 284 g/mol. The molecule has 0 atom stereocenters. The van der Waals surface area contributed by atoms with Crippen molar-refractivity contribution in [3.63, 3.8) is 0 Å². The molecule has 0 aromatic heterocycles. The molecule has 1 aromatic carbocycles. The molecule has 0 radical (unpaired) electrons. The molecule has 0 saturated heterocycles. The number of nitrogens with two attached hydrogens (primary N) is 1. The predicted octanol–water partition coefficient (Wildman–Crippen LogP) is 0.612. The van der Waals surface area contributed by atoms with Gasteiger partial charge in [0.05, 0.1) is 0 Å². The maximum Gasteiger partial charge on any atom is 0.318 e. The molecule has 1 aromatic rings. The molecule has 102 valence electrons. The molecule has 1 rings (SSSR count). The summed E-state index contributed by atoms with van der Waals surface area (Å²) in [7, 11) is 0. The molecule has 0 bridgehead atoms. The zero-order chi connectivity index (χ0) is 14.4. The quantitative estimate of drug-likeness (QED) is 0.795. The van der Waals surface area contributed by atoms with Crippen LogP contribution in [0, 0.1) is 0 Å². The second-order valence-corrected chi connectivity index (χ2v) is 4.17. The lowest BCUT2D eigenvalue weighted by Crippen LogP contribution is -2.44. The number of benzene rings is 1. The zero-order valence-corrected chi connectivity index (χ0v) is 11.1. The topological polar surface area (TPSA) is 92.5 Å². The smallest absolute Gasteiger partial charge is 0.318 e. The van der Waals surface area contributed by atoms with E-state index in [0.29, 0.717) is 10.7 Å². The second-order valence-electron chi connectivity index (χ2n) is 3.73. The van der Waals surface area contributed by atoms with Gasteiger partial charge in [-0.25, -0.2) is 0 Å². The first kappa shape index (κ1) is 15.1. The molecule has 6 nitrogen and oxygen atoms in total. The van der Waals surface area contributed by atoms with Crippen LogP contribution in [-0.4, -0.2) is 35.7 Å². The Morgan fingerprint density at radius 2 is 2.05 bits per heavy atom. The van der Waals surface area contributed by atoms with Crippen molar-refractivity contribution in [1.29, 1.82) is 0 Å². The van der Waals surface area contributed by atoms with Gasteiger partial charge >= 0.3 is 11.8 Å². The van der Waals surface area contributed by atoms with E-state index in [2.05, 4.69) is 5.32 Å². The molecular formula is C12H14ClN3O3. The molecule has 3 amide bonds. The van der Waals surface area contributed by atoms with Crippen LogP contribution >= 0.6 is 11.6 Å². The summed E-state index contributed by atoms with van der Waals surface area (Å²) in [6.45, 7) is 1.28. The number of carbonyl (C=O) groups is 3. The molecule has 3 N–H and O–H groups in total. The first-order valence-corrected chi connectivity index (χ1v) is 5.92. The molecule has 0 aliphatic heterocycles. The van der Waals surface area contributed by atoms with Crippen LogP contribution in [0.15, 0.2) is 24.3 Å². The van der Waals surface area contributed by atoms with Gasteiger partial charge in [-0.3, -0.25) is 19.3 Å². The maximum atomic E-state index is 11.8. The van der Waals surface area contributed by atoms with E-state index in [0.717, 1.165) is 4.90 Å². The molecule has 0 fully saturated rings. The van der Waals surface area contributed by atoms with Crippen LogP contribution in [0.4, 0.5) is 5.69 Å². The van der Waals surface area contributed by atoms with Gasteiger partial charge in [-0.2, -0.15) is 0 Å². The Morgan fingerprint density at radius 3 is 2.58 bits per heavy atom. The number of imide groups is 1. The molecule has 0 aliphatic rings. The Labute approximate surface area is 115 Å². The summed E-state index contributed by atoms with van der Waals surface area (Å²) in [6, 6.07) is 6.34. The lowest BCUT2D eigenvalue weighted by atomic mass is 10.3. The van der Waals surface area contributed by atoms with E-state index in [1.54, 1.807) is 18.2 Å². The minimum Gasteiger partial charge on any atom is -0.329 e. The van der Waals surface area contributed by atoms with E-state index in [-0.39, 0.29) is 13.1 Å². The summed E-state index contributed by atoms with van der Waals surface area (Å²) in [4.78, 5) is 35.5. The van der Waals surface area contributed by atoms with Crippen LogP contribution in [-0.2, 0) is 14.4 Å². The van der Waals surface area contributed by atoms with Crippen molar-refractivity contribution in [2.24, 2.45) is 5.73 Å². The van der Waals surface area contributed by atoms with E-state index in [9.17, 15) is 14.4 Å². The van der Waals surface area contributed by atoms with Crippen LogP contribution in [0.5, 0.6) is 0 Å². The van der Waals surface area contributed by atoms with Crippen molar-refractivity contribution < 1.29 is 14.4 Å². The SMILES string of the molecule is CC(=O)N(CCN)C(=O)C(=O)Nc1cccc(Cl)c1. The van der Waals surface area contributed by atoms with Gasteiger partial charge in [0.25, 0.3) is 0 Å². The van der Waals surface area contributed by atoms with Crippen LogP contribution in [0.3, 0.4) is 0 Å². The summed E-state index contributed by atoms with van der Waals surface area (Å²) >= 11 is 5.75. The van der Waals surface area contributed by atoms with Crippen LogP contribution < -0.4 is 11.1 Å². The first-order valence-electron chi connectivity index (χ1n) is 5.54. The van der Waals surface area contributed by atoms with Gasteiger partial charge in [0, 0.05) is 30.7 Å². The molecule has 0 spiro atoms. The highest BCUT2D eigenvalue weighted by molar-refractivity contribution is 6.41. The van der Waals surface area contributed by atoms with Gasteiger partial charge in [-0.1, -0.05) is 17.7 Å². The van der Waals surface area contributed by atoms with E-state index < -0.39 is 17.7 Å². The monoisotopic (exact) mass is 283 g/mol. The number of nitrogens with one attached hydrogen (secondary N) is 1. The zero-order valence-electron chi connectivity index (χ0n) is 10.4. The van der Waals surface area contributed by atoms with Crippen LogP contribution in [0.2, 0.25) is 5.02 Å². The number of hydrogen-bond donors (Lipinski definition) is 2. The molecule has 0 aliphatic carbocycles. The number of rotatable bonds is 3. The third kappa shape index (κ3) is 4.35. The Morgan fingerprint density at radius 1 is 1.37 bits per heavy atom. The fourth-order valence-corrected chi connectivity index (χ4v) is 1.59.